The van der Waals surface area contributed by atoms with E-state index in [1.807, 2.05) is 0 Å². The highest BCUT2D eigenvalue weighted by molar-refractivity contribution is 5.87. The third-order valence-corrected chi connectivity index (χ3v) is 6.81. The van der Waals surface area contributed by atoms with Crippen LogP contribution in [0.3, 0.4) is 0 Å². The van der Waals surface area contributed by atoms with Crippen molar-refractivity contribution in [2.75, 3.05) is 20.3 Å². The average molecular weight is 516 g/mol. The molecule has 1 aromatic carbocycles. The fraction of sp³-hybridized carbons (Fsp3) is 0.636. The Labute approximate surface area is 204 Å². The Balaban J connectivity index is 1.81. The number of carbonyl (C=O) groups is 2. The van der Waals surface area contributed by atoms with Crippen LogP contribution in [-0.4, -0.2) is 122 Å². The summed E-state index contributed by atoms with van der Waals surface area (Å²) in [5.74, 6) is -6.40. The summed E-state index contributed by atoms with van der Waals surface area (Å²) in [6.07, 6.45) is -12.6. The molecule has 0 amide bonds. The fourth-order valence-corrected chi connectivity index (χ4v) is 4.84. The Bertz CT molecular complexity index is 968. The number of ether oxygens (including phenoxy) is 5. The lowest BCUT2D eigenvalue weighted by Gasteiger charge is -2.46. The number of fused-ring (bicyclic) bond motifs is 1. The van der Waals surface area contributed by atoms with Gasteiger partial charge in [-0.25, -0.2) is 4.79 Å². The molecule has 1 aromatic rings. The van der Waals surface area contributed by atoms with Gasteiger partial charge < -0.3 is 59.4 Å². The van der Waals surface area contributed by atoms with Crippen LogP contribution < -0.4 is 0 Å². The molecule has 4 rings (SSSR count). The van der Waals surface area contributed by atoms with Crippen LogP contribution in [0.25, 0.3) is 0 Å². The highest BCUT2D eigenvalue weighted by atomic mass is 16.8. The van der Waals surface area contributed by atoms with E-state index in [4.69, 9.17) is 23.7 Å². The molecule has 0 aliphatic carbocycles. The lowest BCUT2D eigenvalue weighted by atomic mass is 9.74. The Kier molecular flexibility index (Phi) is 7.27. The zero-order valence-corrected chi connectivity index (χ0v) is 19.0. The van der Waals surface area contributed by atoms with E-state index in [-0.39, 0.29) is 11.3 Å². The van der Waals surface area contributed by atoms with Crippen LogP contribution in [0.15, 0.2) is 24.3 Å². The van der Waals surface area contributed by atoms with Crippen LogP contribution in [0.5, 0.6) is 5.75 Å². The topological polar surface area (TPSA) is 222 Å². The summed E-state index contributed by atoms with van der Waals surface area (Å²) in [4.78, 5) is 25.5. The number of aromatic hydroxyl groups is 1. The number of benzene rings is 1. The second-order valence-corrected chi connectivity index (χ2v) is 8.88. The maximum atomic E-state index is 13.2. The second kappa shape index (κ2) is 9.81. The van der Waals surface area contributed by atoms with Gasteiger partial charge in [-0.2, -0.15) is 0 Å². The first-order valence-corrected chi connectivity index (χ1v) is 11.1. The maximum Gasteiger partial charge on any atom is 0.345 e. The molecular formula is C22H28O14. The van der Waals surface area contributed by atoms with Gasteiger partial charge in [0.2, 0.25) is 5.60 Å². The van der Waals surface area contributed by atoms with Crippen molar-refractivity contribution in [2.45, 2.75) is 66.6 Å². The van der Waals surface area contributed by atoms with E-state index in [1.165, 1.54) is 24.3 Å². The smallest absolute Gasteiger partial charge is 0.345 e. The molecule has 3 aliphatic rings. The summed E-state index contributed by atoms with van der Waals surface area (Å²) in [6.45, 7) is -1.29. The number of hydrogen-bond donors (Lipinski definition) is 7. The third-order valence-electron chi connectivity index (χ3n) is 6.81. The zero-order valence-electron chi connectivity index (χ0n) is 19.0. The van der Waals surface area contributed by atoms with Crippen molar-refractivity contribution in [3.63, 3.8) is 0 Å². The first-order chi connectivity index (χ1) is 17.0. The van der Waals surface area contributed by atoms with Gasteiger partial charge in [-0.1, -0.05) is 12.1 Å². The van der Waals surface area contributed by atoms with Gasteiger partial charge in [-0.3, -0.25) is 4.79 Å². The summed E-state index contributed by atoms with van der Waals surface area (Å²) in [5.41, 5.74) is -2.71. The summed E-state index contributed by atoms with van der Waals surface area (Å²) < 4.78 is 26.7. The van der Waals surface area contributed by atoms with Crippen molar-refractivity contribution in [3.8, 4) is 5.75 Å². The van der Waals surface area contributed by atoms with Gasteiger partial charge in [-0.05, 0) is 17.7 Å². The molecule has 3 fully saturated rings. The van der Waals surface area contributed by atoms with Gasteiger partial charge in [0.05, 0.1) is 26.7 Å². The Morgan fingerprint density at radius 2 is 1.81 bits per heavy atom. The van der Waals surface area contributed by atoms with Crippen molar-refractivity contribution in [1.82, 2.24) is 0 Å². The molecule has 0 spiro atoms. The standard InChI is InChI=1S/C22H28O14/c1-32-14(26)6-11(9-2-4-10(24)5-3-9)21(31)20(30)35-18-12(25)8-33-22(18,21)36-19-17(29)16(28)15(27)13(7-23)34-19/h2-5,11-13,15-19,23-25,27-29,31H,6-8H2,1H3/t11-,12?,13-,15+,16-,17+,18?,19-,21+,22?/m1/s1. The minimum absolute atomic E-state index is 0.144. The van der Waals surface area contributed by atoms with Crippen LogP contribution >= 0.6 is 0 Å². The van der Waals surface area contributed by atoms with Crippen LogP contribution in [0.2, 0.25) is 0 Å². The molecule has 7 N–H and O–H groups in total. The van der Waals surface area contributed by atoms with E-state index in [2.05, 4.69) is 0 Å². The molecule has 0 bridgehead atoms. The van der Waals surface area contributed by atoms with E-state index in [9.17, 15) is 45.3 Å². The summed E-state index contributed by atoms with van der Waals surface area (Å²) >= 11 is 0. The van der Waals surface area contributed by atoms with Crippen molar-refractivity contribution < 1.29 is 69.0 Å². The van der Waals surface area contributed by atoms with Crippen LogP contribution in [0, 0.1) is 0 Å². The average Bonchev–Trinajstić information content (AvgIpc) is 3.29. The molecule has 3 heterocycles. The van der Waals surface area contributed by atoms with Gasteiger partial charge in [-0.15, -0.1) is 0 Å². The first kappa shape index (κ1) is 26.7. The Morgan fingerprint density at radius 3 is 2.42 bits per heavy atom. The van der Waals surface area contributed by atoms with E-state index in [1.54, 1.807) is 0 Å². The van der Waals surface area contributed by atoms with Crippen molar-refractivity contribution in [2.24, 2.45) is 0 Å². The summed E-state index contributed by atoms with van der Waals surface area (Å²) in [6, 6.07) is 5.15. The highest BCUT2D eigenvalue weighted by Crippen LogP contribution is 2.54. The number of esters is 2. The molecule has 0 radical (unpaired) electrons. The predicted octanol–water partition coefficient (Wildman–Crippen LogP) is -3.40. The monoisotopic (exact) mass is 516 g/mol. The number of hydrogen-bond acceptors (Lipinski definition) is 14. The maximum absolute atomic E-state index is 13.2. The lowest BCUT2D eigenvalue weighted by Crippen LogP contribution is -2.67. The van der Waals surface area contributed by atoms with E-state index < -0.39 is 91.8 Å². The van der Waals surface area contributed by atoms with E-state index in [0.29, 0.717) is 0 Å². The number of phenolic OH excluding ortho intramolecular Hbond substituents is 1. The SMILES string of the molecule is COC(=O)C[C@H](c1ccc(O)cc1)[C@]1(O)C(=O)OC2C(O)COC21O[C@H]1O[C@H](CO)[C@H](O)[C@@H](O)[C@@H]1O. The number of rotatable bonds is 7. The van der Waals surface area contributed by atoms with Gasteiger partial charge >= 0.3 is 11.9 Å². The minimum Gasteiger partial charge on any atom is -0.508 e. The molecule has 36 heavy (non-hydrogen) atoms. The minimum atomic E-state index is -2.86. The summed E-state index contributed by atoms with van der Waals surface area (Å²) in [7, 11) is 1.09. The number of methoxy groups -OCH3 is 1. The van der Waals surface area contributed by atoms with Gasteiger partial charge in [0.15, 0.2) is 12.4 Å². The molecule has 3 unspecified atom stereocenters. The largest absolute Gasteiger partial charge is 0.508 e. The normalized spacial score (nSPS) is 41.0. The Morgan fingerprint density at radius 1 is 1.14 bits per heavy atom. The number of aliphatic hydroxyl groups excluding tert-OH is 5. The molecule has 14 heteroatoms. The molecular weight excluding hydrogens is 488 g/mol. The lowest BCUT2D eigenvalue weighted by molar-refractivity contribution is -0.391. The zero-order chi connectivity index (χ0) is 26.4. The molecule has 10 atom stereocenters. The van der Waals surface area contributed by atoms with Crippen LogP contribution in [-0.2, 0) is 33.3 Å². The number of phenols is 1. The third kappa shape index (κ3) is 4.04. The van der Waals surface area contributed by atoms with Crippen LogP contribution in [0.1, 0.15) is 17.9 Å². The highest BCUT2D eigenvalue weighted by Gasteiger charge is 2.78. The van der Waals surface area contributed by atoms with Gasteiger partial charge in [0.25, 0.3) is 5.79 Å². The molecule has 3 aliphatic heterocycles. The second-order valence-electron chi connectivity index (χ2n) is 8.88. The van der Waals surface area contributed by atoms with E-state index >= 15 is 0 Å². The number of carbonyl (C=O) groups excluding carboxylic acids is 2. The molecule has 0 saturated carbocycles. The Hall–Kier alpha value is -2.40. The number of aliphatic hydroxyl groups is 6. The fourth-order valence-electron chi connectivity index (χ4n) is 4.84. The molecule has 14 nitrogen and oxygen atoms in total. The van der Waals surface area contributed by atoms with E-state index in [0.717, 1.165) is 7.11 Å². The van der Waals surface area contributed by atoms with Crippen LogP contribution in [0.4, 0.5) is 0 Å². The predicted molar refractivity (Wildman–Crippen MR) is 112 cm³/mol. The molecule has 0 aromatic heterocycles. The molecule has 200 valence electrons. The van der Waals surface area contributed by atoms with Crippen molar-refractivity contribution in [3.05, 3.63) is 29.8 Å². The van der Waals surface area contributed by atoms with Gasteiger partial charge in [0, 0.05) is 5.92 Å². The quantitative estimate of drug-likeness (QED) is 0.176. The van der Waals surface area contributed by atoms with Crippen molar-refractivity contribution in [1.29, 1.82) is 0 Å². The van der Waals surface area contributed by atoms with Crippen molar-refractivity contribution >= 4 is 11.9 Å². The van der Waals surface area contributed by atoms with Gasteiger partial charge in [0.1, 0.15) is 36.3 Å². The first-order valence-electron chi connectivity index (χ1n) is 11.1. The molecule has 3 saturated heterocycles. The summed E-state index contributed by atoms with van der Waals surface area (Å²) in [5, 5.41) is 72.4.